The molecule has 0 aromatic heterocycles. The summed E-state index contributed by atoms with van der Waals surface area (Å²) >= 11 is 0. The second kappa shape index (κ2) is 7.48. The van der Waals surface area contributed by atoms with Crippen LogP contribution < -0.4 is 11.1 Å². The van der Waals surface area contributed by atoms with Crippen LogP contribution in [0.25, 0.3) is 0 Å². The van der Waals surface area contributed by atoms with Gasteiger partial charge in [0.05, 0.1) is 13.2 Å². The summed E-state index contributed by atoms with van der Waals surface area (Å²) in [6.07, 6.45) is 0. The molecule has 1 fully saturated rings. The molecule has 3 N–H and O–H groups in total. The van der Waals surface area contributed by atoms with Gasteiger partial charge in [-0.05, 0) is 11.1 Å². The molecular formula is C14H23N3O. The molecule has 0 amide bonds. The van der Waals surface area contributed by atoms with Crippen LogP contribution in [0.3, 0.4) is 0 Å². The van der Waals surface area contributed by atoms with Crippen molar-refractivity contribution in [2.75, 3.05) is 39.4 Å². The van der Waals surface area contributed by atoms with Crippen molar-refractivity contribution >= 4 is 0 Å². The Balaban J connectivity index is 1.65. The van der Waals surface area contributed by atoms with E-state index in [1.165, 1.54) is 11.1 Å². The Kier molecular flexibility index (Phi) is 5.61. The van der Waals surface area contributed by atoms with E-state index in [0.717, 1.165) is 45.9 Å². The number of nitrogens with one attached hydrogen (secondary N) is 1. The first-order valence-corrected chi connectivity index (χ1v) is 6.67. The van der Waals surface area contributed by atoms with E-state index in [9.17, 15) is 0 Å². The van der Waals surface area contributed by atoms with Crippen molar-refractivity contribution < 1.29 is 4.74 Å². The monoisotopic (exact) mass is 249 g/mol. The van der Waals surface area contributed by atoms with Crippen molar-refractivity contribution in [3.05, 3.63) is 35.4 Å². The number of hydrogen-bond acceptors (Lipinski definition) is 4. The zero-order valence-electron chi connectivity index (χ0n) is 10.9. The van der Waals surface area contributed by atoms with E-state index < -0.39 is 0 Å². The third-order valence-electron chi connectivity index (χ3n) is 3.26. The maximum absolute atomic E-state index is 5.63. The Labute approximate surface area is 109 Å². The highest BCUT2D eigenvalue weighted by molar-refractivity contribution is 5.23. The third-order valence-corrected chi connectivity index (χ3v) is 3.26. The van der Waals surface area contributed by atoms with Crippen molar-refractivity contribution in [1.82, 2.24) is 10.2 Å². The minimum atomic E-state index is 0.613. The fourth-order valence-electron chi connectivity index (χ4n) is 2.16. The van der Waals surface area contributed by atoms with Crippen molar-refractivity contribution in [2.24, 2.45) is 5.73 Å². The molecule has 0 radical (unpaired) electrons. The van der Waals surface area contributed by atoms with Gasteiger partial charge in [-0.25, -0.2) is 0 Å². The number of ether oxygens (including phenoxy) is 1. The van der Waals surface area contributed by atoms with Crippen LogP contribution in [0.15, 0.2) is 24.3 Å². The van der Waals surface area contributed by atoms with Gasteiger partial charge in [-0.15, -0.1) is 0 Å². The van der Waals surface area contributed by atoms with E-state index in [1.807, 2.05) is 0 Å². The van der Waals surface area contributed by atoms with Crippen LogP contribution in [-0.4, -0.2) is 44.3 Å². The van der Waals surface area contributed by atoms with Crippen LogP contribution in [-0.2, 0) is 17.8 Å². The van der Waals surface area contributed by atoms with Gasteiger partial charge in [-0.2, -0.15) is 0 Å². The second-order valence-corrected chi connectivity index (χ2v) is 4.65. The van der Waals surface area contributed by atoms with Crippen LogP contribution in [0.5, 0.6) is 0 Å². The maximum atomic E-state index is 5.63. The molecule has 0 aliphatic carbocycles. The summed E-state index contributed by atoms with van der Waals surface area (Å²) in [5.74, 6) is 0. The number of nitrogens with two attached hydrogens (primary N) is 1. The molecule has 4 heteroatoms. The van der Waals surface area contributed by atoms with Gasteiger partial charge < -0.3 is 15.8 Å². The lowest BCUT2D eigenvalue weighted by atomic mass is 10.1. The Morgan fingerprint density at radius 2 is 2.00 bits per heavy atom. The Hall–Kier alpha value is -0.940. The Morgan fingerprint density at radius 3 is 2.78 bits per heavy atom. The summed E-state index contributed by atoms with van der Waals surface area (Å²) < 4.78 is 5.33. The molecule has 0 unspecified atom stereocenters. The zero-order valence-corrected chi connectivity index (χ0v) is 10.9. The largest absolute Gasteiger partial charge is 0.379 e. The SMILES string of the molecule is NCc1cccc(CNCCN2CCOCC2)c1. The fourth-order valence-corrected chi connectivity index (χ4v) is 2.16. The van der Waals surface area contributed by atoms with Crippen LogP contribution in [0.1, 0.15) is 11.1 Å². The highest BCUT2D eigenvalue weighted by Crippen LogP contribution is 2.04. The quantitative estimate of drug-likeness (QED) is 0.724. The van der Waals surface area contributed by atoms with E-state index in [1.54, 1.807) is 0 Å². The lowest BCUT2D eigenvalue weighted by Crippen LogP contribution is -2.40. The highest BCUT2D eigenvalue weighted by atomic mass is 16.5. The summed E-state index contributed by atoms with van der Waals surface area (Å²) in [4.78, 5) is 2.44. The third kappa shape index (κ3) is 4.38. The molecule has 1 aliphatic rings. The summed E-state index contributed by atoms with van der Waals surface area (Å²) in [7, 11) is 0. The minimum Gasteiger partial charge on any atom is -0.379 e. The van der Waals surface area contributed by atoms with E-state index in [4.69, 9.17) is 10.5 Å². The normalized spacial score (nSPS) is 16.9. The van der Waals surface area contributed by atoms with Crippen molar-refractivity contribution in [1.29, 1.82) is 0 Å². The zero-order chi connectivity index (χ0) is 12.6. The molecule has 2 rings (SSSR count). The van der Waals surface area contributed by atoms with E-state index in [-0.39, 0.29) is 0 Å². The Morgan fingerprint density at radius 1 is 1.22 bits per heavy atom. The molecule has 0 bridgehead atoms. The standard InChI is InChI=1S/C14H23N3O/c15-11-13-2-1-3-14(10-13)12-16-4-5-17-6-8-18-9-7-17/h1-3,10,16H,4-9,11-12,15H2. The predicted octanol–water partition coefficient (Wildman–Crippen LogP) is 0.567. The highest BCUT2D eigenvalue weighted by Gasteiger charge is 2.08. The fraction of sp³-hybridized carbons (Fsp3) is 0.571. The number of rotatable bonds is 6. The van der Waals surface area contributed by atoms with Gasteiger partial charge in [0.25, 0.3) is 0 Å². The molecule has 1 heterocycles. The van der Waals surface area contributed by atoms with Gasteiger partial charge in [-0.3, -0.25) is 4.90 Å². The van der Waals surface area contributed by atoms with Crippen LogP contribution in [0.2, 0.25) is 0 Å². The smallest absolute Gasteiger partial charge is 0.0594 e. The first-order chi connectivity index (χ1) is 8.88. The van der Waals surface area contributed by atoms with Crippen LogP contribution in [0, 0.1) is 0 Å². The van der Waals surface area contributed by atoms with Gasteiger partial charge >= 0.3 is 0 Å². The van der Waals surface area contributed by atoms with Crippen molar-refractivity contribution in [3.8, 4) is 0 Å². The van der Waals surface area contributed by atoms with E-state index in [2.05, 4.69) is 34.5 Å². The number of benzene rings is 1. The molecule has 0 saturated carbocycles. The summed E-state index contributed by atoms with van der Waals surface area (Å²) in [6, 6.07) is 8.45. The number of hydrogen-bond donors (Lipinski definition) is 2. The van der Waals surface area contributed by atoms with Gasteiger partial charge in [0.1, 0.15) is 0 Å². The van der Waals surface area contributed by atoms with Gasteiger partial charge in [0, 0.05) is 39.3 Å². The molecule has 1 aromatic carbocycles. The predicted molar refractivity (Wildman–Crippen MR) is 73.3 cm³/mol. The van der Waals surface area contributed by atoms with E-state index in [0.29, 0.717) is 6.54 Å². The summed E-state index contributed by atoms with van der Waals surface area (Å²) in [5, 5.41) is 3.48. The van der Waals surface area contributed by atoms with Crippen LogP contribution in [0.4, 0.5) is 0 Å². The Bertz CT molecular complexity index is 351. The van der Waals surface area contributed by atoms with Crippen LogP contribution >= 0.6 is 0 Å². The molecule has 1 aliphatic heterocycles. The average molecular weight is 249 g/mol. The summed E-state index contributed by atoms with van der Waals surface area (Å²) in [6.45, 7) is 7.51. The number of nitrogens with zero attached hydrogens (tertiary/aromatic N) is 1. The first kappa shape index (κ1) is 13.5. The van der Waals surface area contributed by atoms with Crippen molar-refractivity contribution in [2.45, 2.75) is 13.1 Å². The minimum absolute atomic E-state index is 0.613. The molecule has 0 spiro atoms. The van der Waals surface area contributed by atoms with E-state index >= 15 is 0 Å². The van der Waals surface area contributed by atoms with Gasteiger partial charge in [0.2, 0.25) is 0 Å². The molecular weight excluding hydrogens is 226 g/mol. The molecule has 0 atom stereocenters. The van der Waals surface area contributed by atoms with Gasteiger partial charge in [-0.1, -0.05) is 24.3 Å². The topological polar surface area (TPSA) is 50.5 Å². The van der Waals surface area contributed by atoms with Gasteiger partial charge in [0.15, 0.2) is 0 Å². The average Bonchev–Trinajstić information content (AvgIpc) is 2.45. The molecule has 1 aromatic rings. The molecule has 4 nitrogen and oxygen atoms in total. The summed E-state index contributed by atoms with van der Waals surface area (Å²) in [5.41, 5.74) is 8.13. The molecule has 100 valence electrons. The van der Waals surface area contributed by atoms with Crippen molar-refractivity contribution in [3.63, 3.8) is 0 Å². The molecule has 18 heavy (non-hydrogen) atoms. The first-order valence-electron chi connectivity index (χ1n) is 6.67. The lowest BCUT2D eigenvalue weighted by Gasteiger charge is -2.26. The molecule has 1 saturated heterocycles. The lowest BCUT2D eigenvalue weighted by molar-refractivity contribution is 0.0384. The maximum Gasteiger partial charge on any atom is 0.0594 e. The second-order valence-electron chi connectivity index (χ2n) is 4.65. The number of morpholine rings is 1.